The Balaban J connectivity index is 1.51. The molecule has 2 aromatic carbocycles. The van der Waals surface area contributed by atoms with Crippen LogP contribution in [0, 0.1) is 18.3 Å². The molecule has 0 amide bonds. The molecule has 4 nitrogen and oxygen atoms in total. The van der Waals surface area contributed by atoms with Crippen LogP contribution in [-0.4, -0.2) is 31.4 Å². The number of rotatable bonds is 3. The minimum absolute atomic E-state index is 0.128. The van der Waals surface area contributed by atoms with Crippen LogP contribution in [0.1, 0.15) is 69.9 Å². The zero-order chi connectivity index (χ0) is 24.5. The van der Waals surface area contributed by atoms with E-state index in [0.29, 0.717) is 18.0 Å². The monoisotopic (exact) mass is 491 g/mol. The lowest BCUT2D eigenvalue weighted by Crippen LogP contribution is -2.45. The van der Waals surface area contributed by atoms with Crippen molar-refractivity contribution in [2.45, 2.75) is 81.8 Å². The van der Waals surface area contributed by atoms with Gasteiger partial charge in [-0.3, -0.25) is 0 Å². The predicted octanol–water partition coefficient (Wildman–Crippen LogP) is 6.36. The van der Waals surface area contributed by atoms with Crippen molar-refractivity contribution in [1.82, 2.24) is 4.31 Å². The van der Waals surface area contributed by atoms with Gasteiger partial charge in [0.05, 0.1) is 10.5 Å². The van der Waals surface area contributed by atoms with Crippen LogP contribution >= 0.6 is 0 Å². The summed E-state index contributed by atoms with van der Waals surface area (Å²) in [7, 11) is -3.59. The highest BCUT2D eigenvalue weighted by atomic mass is 32.2. The van der Waals surface area contributed by atoms with Crippen LogP contribution in [0.4, 0.5) is 0 Å². The molecule has 0 N–H and O–H groups in total. The van der Waals surface area contributed by atoms with Gasteiger partial charge >= 0.3 is 0 Å². The molecule has 186 valence electrons. The Hall–Kier alpha value is -1.95. The molecular formula is C30H37NO3S. The molecule has 2 fully saturated rings. The summed E-state index contributed by atoms with van der Waals surface area (Å²) in [6.07, 6.45) is 8.07. The molecule has 0 bridgehead atoms. The second-order valence-corrected chi connectivity index (χ2v) is 13.7. The first-order chi connectivity index (χ1) is 16.7. The molecule has 0 unspecified atom stereocenters. The maximum absolute atomic E-state index is 13.9. The summed E-state index contributed by atoms with van der Waals surface area (Å²) in [6, 6.07) is 18.0. The minimum atomic E-state index is -3.59. The Labute approximate surface area is 210 Å². The van der Waals surface area contributed by atoms with Crippen molar-refractivity contribution in [3.63, 3.8) is 0 Å². The van der Waals surface area contributed by atoms with Crippen LogP contribution in [0.5, 0.6) is 0 Å². The van der Waals surface area contributed by atoms with E-state index in [-0.39, 0.29) is 11.3 Å². The normalized spacial score (nSPS) is 32.6. The Morgan fingerprint density at radius 3 is 2.31 bits per heavy atom. The summed E-state index contributed by atoms with van der Waals surface area (Å²) in [5, 5.41) is 0. The SMILES string of the molecule is Cc1ccc(S(=O)(=O)N2C[C@@H]3C(C)(C)O[C@@]4(c5ccccc5)C5=C(CCCCCC5)C[C@@]34C2)cc1. The van der Waals surface area contributed by atoms with Gasteiger partial charge in [-0.25, -0.2) is 8.42 Å². The molecule has 0 aromatic heterocycles. The highest BCUT2D eigenvalue weighted by Gasteiger charge is 2.75. The van der Waals surface area contributed by atoms with E-state index < -0.39 is 21.2 Å². The smallest absolute Gasteiger partial charge is 0.243 e. The van der Waals surface area contributed by atoms with Crippen LogP contribution in [0.15, 0.2) is 70.6 Å². The zero-order valence-corrected chi connectivity index (χ0v) is 22.0. The summed E-state index contributed by atoms with van der Waals surface area (Å²) >= 11 is 0. The third-order valence-corrected chi connectivity index (χ3v) is 11.2. The summed E-state index contributed by atoms with van der Waals surface area (Å²) in [6.45, 7) is 7.39. The van der Waals surface area contributed by atoms with Crippen molar-refractivity contribution in [3.05, 3.63) is 76.9 Å². The summed E-state index contributed by atoms with van der Waals surface area (Å²) in [5.74, 6) is 0.128. The Morgan fingerprint density at radius 1 is 0.914 bits per heavy atom. The van der Waals surface area contributed by atoms with E-state index in [4.69, 9.17) is 4.74 Å². The Kier molecular flexibility index (Phi) is 5.38. The van der Waals surface area contributed by atoms with Crippen molar-refractivity contribution in [2.75, 3.05) is 13.1 Å². The van der Waals surface area contributed by atoms with Gasteiger partial charge < -0.3 is 4.74 Å². The van der Waals surface area contributed by atoms with Crippen molar-refractivity contribution in [3.8, 4) is 0 Å². The average molecular weight is 492 g/mol. The first-order valence-electron chi connectivity index (χ1n) is 13.2. The molecule has 4 aliphatic rings. The molecule has 2 aromatic rings. The number of hydrogen-bond donors (Lipinski definition) is 0. The maximum Gasteiger partial charge on any atom is 0.243 e. The van der Waals surface area contributed by atoms with Gasteiger partial charge in [0.2, 0.25) is 10.0 Å². The number of aryl methyl sites for hydroxylation is 1. The van der Waals surface area contributed by atoms with Crippen LogP contribution in [0.2, 0.25) is 0 Å². The first kappa shape index (κ1) is 23.4. The predicted molar refractivity (Wildman–Crippen MR) is 138 cm³/mol. The van der Waals surface area contributed by atoms with Crippen molar-refractivity contribution >= 4 is 10.0 Å². The largest absolute Gasteiger partial charge is 0.359 e. The lowest BCUT2D eigenvalue weighted by molar-refractivity contribution is -0.101. The quantitative estimate of drug-likeness (QED) is 0.469. The van der Waals surface area contributed by atoms with Crippen LogP contribution in [-0.2, 0) is 20.4 Å². The van der Waals surface area contributed by atoms with Crippen LogP contribution in [0.25, 0.3) is 0 Å². The number of fused-ring (bicyclic) bond motifs is 1. The van der Waals surface area contributed by atoms with Crippen LogP contribution < -0.4 is 0 Å². The molecule has 6 rings (SSSR count). The molecule has 3 atom stereocenters. The van der Waals surface area contributed by atoms with Crippen molar-refractivity contribution < 1.29 is 13.2 Å². The van der Waals surface area contributed by atoms with E-state index in [2.05, 4.69) is 44.2 Å². The number of benzene rings is 2. The molecule has 2 saturated heterocycles. The fraction of sp³-hybridized carbons (Fsp3) is 0.533. The average Bonchev–Trinajstić information content (AvgIpc) is 3.38. The Morgan fingerprint density at radius 2 is 1.60 bits per heavy atom. The molecule has 1 spiro atoms. The molecule has 0 saturated carbocycles. The van der Waals surface area contributed by atoms with E-state index in [1.165, 1.54) is 36.8 Å². The highest BCUT2D eigenvalue weighted by molar-refractivity contribution is 7.89. The van der Waals surface area contributed by atoms with Gasteiger partial charge in [-0.05, 0) is 76.1 Å². The summed E-state index contributed by atoms with van der Waals surface area (Å²) < 4.78 is 36.9. The number of sulfonamides is 1. The molecule has 5 heteroatoms. The van der Waals surface area contributed by atoms with E-state index in [1.807, 2.05) is 19.1 Å². The fourth-order valence-electron chi connectivity index (χ4n) is 7.90. The molecule has 2 aliphatic carbocycles. The summed E-state index contributed by atoms with van der Waals surface area (Å²) in [4.78, 5) is 0.396. The molecule has 35 heavy (non-hydrogen) atoms. The highest BCUT2D eigenvalue weighted by Crippen LogP contribution is 2.73. The lowest BCUT2D eigenvalue weighted by atomic mass is 9.62. The Bertz CT molecular complexity index is 1260. The van der Waals surface area contributed by atoms with E-state index >= 15 is 0 Å². The van der Waals surface area contributed by atoms with Gasteiger partial charge in [-0.2, -0.15) is 4.31 Å². The van der Waals surface area contributed by atoms with Gasteiger partial charge in [-0.1, -0.05) is 66.4 Å². The first-order valence-corrected chi connectivity index (χ1v) is 14.7. The standard InChI is InChI=1S/C30H37NO3S/c1-22-15-17-25(18-16-22)35(32,33)31-20-27-28(2,3)34-30(24-12-8-6-9-13-24)26-14-10-5-4-7-11-23(26)19-29(27,30)21-31/h6,8-9,12-13,15-18,27H,4-5,7,10-11,14,19-21H2,1-3H3/t27-,29-,30+/m1/s1. The maximum atomic E-state index is 13.9. The molecule has 2 heterocycles. The molecular weight excluding hydrogens is 454 g/mol. The number of nitrogens with zero attached hydrogens (tertiary/aromatic N) is 1. The van der Waals surface area contributed by atoms with Gasteiger partial charge in [0.15, 0.2) is 0 Å². The van der Waals surface area contributed by atoms with E-state index in [1.54, 1.807) is 22.0 Å². The topological polar surface area (TPSA) is 46.6 Å². The van der Waals surface area contributed by atoms with Crippen molar-refractivity contribution in [2.24, 2.45) is 11.3 Å². The molecule has 2 aliphatic heterocycles. The van der Waals surface area contributed by atoms with Crippen molar-refractivity contribution in [1.29, 1.82) is 0 Å². The lowest BCUT2D eigenvalue weighted by Gasteiger charge is -2.42. The zero-order valence-electron chi connectivity index (χ0n) is 21.2. The van der Waals surface area contributed by atoms with E-state index in [0.717, 1.165) is 24.8 Å². The fourth-order valence-corrected chi connectivity index (χ4v) is 9.42. The third kappa shape index (κ3) is 3.27. The minimum Gasteiger partial charge on any atom is -0.359 e. The van der Waals surface area contributed by atoms with Gasteiger partial charge in [0.25, 0.3) is 0 Å². The third-order valence-electron chi connectivity index (χ3n) is 9.34. The molecule has 0 radical (unpaired) electrons. The second-order valence-electron chi connectivity index (χ2n) is 11.7. The number of ether oxygens (including phenoxy) is 1. The van der Waals surface area contributed by atoms with Crippen LogP contribution in [0.3, 0.4) is 0 Å². The summed E-state index contributed by atoms with van der Waals surface area (Å²) in [5.41, 5.74) is 4.04. The number of allylic oxidation sites excluding steroid dienone is 1. The second kappa shape index (κ2) is 8.03. The van der Waals surface area contributed by atoms with Gasteiger partial charge in [0.1, 0.15) is 5.60 Å². The van der Waals surface area contributed by atoms with E-state index in [9.17, 15) is 8.42 Å². The van der Waals surface area contributed by atoms with Gasteiger partial charge in [-0.15, -0.1) is 0 Å². The van der Waals surface area contributed by atoms with Gasteiger partial charge in [0, 0.05) is 24.4 Å². The number of hydrogen-bond acceptors (Lipinski definition) is 3.